The third-order valence-corrected chi connectivity index (χ3v) is 5.33. The number of anilines is 1. The highest BCUT2D eigenvalue weighted by atomic mass is 32.2. The third-order valence-electron chi connectivity index (χ3n) is 3.10. The number of nitrogens with one attached hydrogen (secondary N) is 1. The van der Waals surface area contributed by atoms with Gasteiger partial charge >= 0.3 is 0 Å². The number of nitrogens with two attached hydrogens (primary N) is 1. The van der Waals surface area contributed by atoms with E-state index in [2.05, 4.69) is 9.71 Å². The van der Waals surface area contributed by atoms with Crippen LogP contribution in [0.4, 0.5) is 5.82 Å². The zero-order valence-electron chi connectivity index (χ0n) is 12.0. The molecule has 1 aromatic heterocycles. The van der Waals surface area contributed by atoms with Gasteiger partial charge in [0.05, 0.1) is 10.4 Å². The minimum Gasteiger partial charge on any atom is -0.384 e. The van der Waals surface area contributed by atoms with Gasteiger partial charge in [-0.15, -0.1) is 0 Å². The van der Waals surface area contributed by atoms with Gasteiger partial charge in [-0.25, -0.2) is 18.1 Å². The number of benzene rings is 1. The molecule has 0 aliphatic rings. The maximum Gasteiger partial charge on any atom is 0.240 e. The molecule has 21 heavy (non-hydrogen) atoms. The Bertz CT molecular complexity index is 732. The lowest BCUT2D eigenvalue weighted by atomic mass is 10.2. The number of pyridine rings is 1. The van der Waals surface area contributed by atoms with Crippen LogP contribution < -0.4 is 10.5 Å². The van der Waals surface area contributed by atoms with E-state index in [0.717, 1.165) is 17.6 Å². The molecule has 114 valence electrons. The maximum absolute atomic E-state index is 12.4. The highest BCUT2D eigenvalue weighted by Crippen LogP contribution is 2.19. The van der Waals surface area contributed by atoms with Crippen LogP contribution in [0.15, 0.2) is 35.2 Å². The van der Waals surface area contributed by atoms with E-state index in [1.54, 1.807) is 42.1 Å². The van der Waals surface area contributed by atoms with Crippen molar-refractivity contribution in [2.45, 2.75) is 24.3 Å². The fraction of sp³-hybridized carbons (Fsp3) is 0.357. The summed E-state index contributed by atoms with van der Waals surface area (Å²) in [6.45, 7) is 1.87. The van der Waals surface area contributed by atoms with E-state index in [4.69, 9.17) is 5.73 Å². The molecular formula is C14H19N3O2S2. The molecule has 0 aliphatic carbocycles. The molecule has 1 unspecified atom stereocenters. The average molecular weight is 325 g/mol. The van der Waals surface area contributed by atoms with Crippen LogP contribution in [-0.2, 0) is 10.0 Å². The van der Waals surface area contributed by atoms with Crippen molar-refractivity contribution in [3.63, 3.8) is 0 Å². The van der Waals surface area contributed by atoms with Crippen LogP contribution in [0.3, 0.4) is 0 Å². The number of thioether (sulfide) groups is 1. The first-order valence-corrected chi connectivity index (χ1v) is 9.47. The minimum atomic E-state index is -3.51. The van der Waals surface area contributed by atoms with Gasteiger partial charge in [0.15, 0.2) is 0 Å². The molecular weight excluding hydrogens is 306 g/mol. The summed E-state index contributed by atoms with van der Waals surface area (Å²) >= 11 is 1.70. The van der Waals surface area contributed by atoms with E-state index in [9.17, 15) is 8.42 Å². The van der Waals surface area contributed by atoms with Crippen LogP contribution in [-0.4, -0.2) is 31.5 Å². The molecule has 0 saturated heterocycles. The van der Waals surface area contributed by atoms with Crippen LogP contribution in [0.25, 0.3) is 10.9 Å². The first-order valence-electron chi connectivity index (χ1n) is 6.60. The Balaban J connectivity index is 2.25. The van der Waals surface area contributed by atoms with Crippen molar-refractivity contribution in [3.8, 4) is 0 Å². The van der Waals surface area contributed by atoms with Crippen LogP contribution in [0.2, 0.25) is 0 Å². The molecule has 0 bridgehead atoms. The first kappa shape index (κ1) is 16.1. The molecule has 2 aromatic rings. The zero-order valence-corrected chi connectivity index (χ0v) is 13.7. The predicted molar refractivity (Wildman–Crippen MR) is 88.9 cm³/mol. The SMILES string of the molecule is CSCCC(C)NS(=O)(=O)c1ccc2nc(N)ccc2c1. The minimum absolute atomic E-state index is 0.0947. The largest absolute Gasteiger partial charge is 0.384 e. The van der Waals surface area contributed by atoms with E-state index in [-0.39, 0.29) is 10.9 Å². The molecule has 5 nitrogen and oxygen atoms in total. The molecule has 1 atom stereocenters. The van der Waals surface area contributed by atoms with Gasteiger partial charge in [-0.05, 0) is 55.7 Å². The van der Waals surface area contributed by atoms with Gasteiger partial charge in [0.1, 0.15) is 5.82 Å². The Morgan fingerprint density at radius 2 is 2.10 bits per heavy atom. The van der Waals surface area contributed by atoms with Crippen LogP contribution in [0.1, 0.15) is 13.3 Å². The van der Waals surface area contributed by atoms with Gasteiger partial charge in [-0.2, -0.15) is 11.8 Å². The Hall–Kier alpha value is -1.31. The Labute approximate surface area is 129 Å². The normalized spacial score (nSPS) is 13.4. The van der Waals surface area contributed by atoms with Crippen LogP contribution in [0, 0.1) is 0 Å². The number of hydrogen-bond acceptors (Lipinski definition) is 5. The lowest BCUT2D eigenvalue weighted by Gasteiger charge is -2.14. The Morgan fingerprint density at radius 1 is 1.33 bits per heavy atom. The summed E-state index contributed by atoms with van der Waals surface area (Å²) in [5, 5.41) is 0.754. The number of hydrogen-bond donors (Lipinski definition) is 2. The van der Waals surface area contributed by atoms with E-state index in [0.29, 0.717) is 11.3 Å². The monoisotopic (exact) mass is 325 g/mol. The Morgan fingerprint density at radius 3 is 2.81 bits per heavy atom. The molecule has 7 heteroatoms. The van der Waals surface area contributed by atoms with Crippen molar-refractivity contribution in [1.29, 1.82) is 0 Å². The lowest BCUT2D eigenvalue weighted by Crippen LogP contribution is -2.33. The van der Waals surface area contributed by atoms with E-state index in [1.165, 1.54) is 0 Å². The molecule has 1 aromatic carbocycles. The molecule has 1 heterocycles. The summed E-state index contributed by atoms with van der Waals surface area (Å²) in [6, 6.07) is 8.18. The second-order valence-electron chi connectivity index (χ2n) is 4.89. The van der Waals surface area contributed by atoms with Gasteiger partial charge in [0.25, 0.3) is 0 Å². The number of rotatable bonds is 6. The summed E-state index contributed by atoms with van der Waals surface area (Å²) in [4.78, 5) is 4.41. The maximum atomic E-state index is 12.4. The molecule has 0 aliphatic heterocycles. The van der Waals surface area contributed by atoms with Crippen molar-refractivity contribution in [2.24, 2.45) is 0 Å². The summed E-state index contributed by atoms with van der Waals surface area (Å²) in [7, 11) is -3.51. The number of fused-ring (bicyclic) bond motifs is 1. The zero-order chi connectivity index (χ0) is 15.5. The summed E-state index contributed by atoms with van der Waals surface area (Å²) in [5.41, 5.74) is 6.30. The second-order valence-corrected chi connectivity index (χ2v) is 7.59. The molecule has 3 N–H and O–H groups in total. The second kappa shape index (κ2) is 6.64. The van der Waals surface area contributed by atoms with Crippen molar-refractivity contribution in [1.82, 2.24) is 9.71 Å². The standard InChI is InChI=1S/C14H19N3O2S2/c1-10(7-8-20-2)17-21(18,19)12-4-5-13-11(9-12)3-6-14(15)16-13/h3-6,9-10,17H,7-8H2,1-2H3,(H2,15,16). The van der Waals surface area contributed by atoms with Crippen molar-refractivity contribution >= 4 is 38.5 Å². The van der Waals surface area contributed by atoms with Gasteiger partial charge in [0.2, 0.25) is 10.0 Å². The summed E-state index contributed by atoms with van der Waals surface area (Å²) < 4.78 is 27.4. The first-order chi connectivity index (χ1) is 9.92. The number of sulfonamides is 1. The van der Waals surface area contributed by atoms with Crippen LogP contribution in [0.5, 0.6) is 0 Å². The fourth-order valence-corrected chi connectivity index (χ4v) is 3.88. The van der Waals surface area contributed by atoms with Gasteiger partial charge in [0, 0.05) is 11.4 Å². The number of nitrogens with zero attached hydrogens (tertiary/aromatic N) is 1. The molecule has 0 amide bonds. The lowest BCUT2D eigenvalue weighted by molar-refractivity contribution is 0.557. The molecule has 0 radical (unpaired) electrons. The summed E-state index contributed by atoms with van der Waals surface area (Å²) in [5.74, 6) is 1.34. The smallest absolute Gasteiger partial charge is 0.240 e. The molecule has 0 spiro atoms. The Kier molecular flexibility index (Phi) is 5.08. The average Bonchev–Trinajstić information content (AvgIpc) is 2.44. The fourth-order valence-electron chi connectivity index (χ4n) is 1.97. The van der Waals surface area contributed by atoms with Gasteiger partial charge in [-0.1, -0.05) is 0 Å². The third kappa shape index (κ3) is 4.09. The highest BCUT2D eigenvalue weighted by Gasteiger charge is 2.17. The van der Waals surface area contributed by atoms with Gasteiger partial charge < -0.3 is 5.73 Å². The highest BCUT2D eigenvalue weighted by molar-refractivity contribution is 7.98. The molecule has 2 rings (SSSR count). The molecule has 0 fully saturated rings. The summed E-state index contributed by atoms with van der Waals surface area (Å²) in [6.07, 6.45) is 2.80. The predicted octanol–water partition coefficient (Wildman–Crippen LogP) is 2.24. The van der Waals surface area contributed by atoms with Crippen molar-refractivity contribution in [2.75, 3.05) is 17.7 Å². The quantitative estimate of drug-likeness (QED) is 0.851. The van der Waals surface area contributed by atoms with E-state index >= 15 is 0 Å². The van der Waals surface area contributed by atoms with Gasteiger partial charge in [-0.3, -0.25) is 0 Å². The van der Waals surface area contributed by atoms with Crippen molar-refractivity contribution in [3.05, 3.63) is 30.3 Å². The number of nitrogen functional groups attached to an aromatic ring is 1. The topological polar surface area (TPSA) is 85.1 Å². The van der Waals surface area contributed by atoms with Crippen molar-refractivity contribution < 1.29 is 8.42 Å². The van der Waals surface area contributed by atoms with E-state index in [1.807, 2.05) is 13.2 Å². The van der Waals surface area contributed by atoms with E-state index < -0.39 is 10.0 Å². The number of aromatic nitrogens is 1. The van der Waals surface area contributed by atoms with Crippen LogP contribution >= 0.6 is 11.8 Å². The molecule has 0 saturated carbocycles.